The molecule has 0 unspecified atom stereocenters. The van der Waals surface area contributed by atoms with Crippen LogP contribution in [0.4, 0.5) is 18.9 Å². The summed E-state index contributed by atoms with van der Waals surface area (Å²) in [6.45, 7) is 4.29. The van der Waals surface area contributed by atoms with E-state index in [1.165, 1.54) is 24.3 Å². The molecule has 1 aromatic carbocycles. The third-order valence-corrected chi connectivity index (χ3v) is 2.31. The Morgan fingerprint density at radius 1 is 1.25 bits per heavy atom. The number of rotatable bonds is 4. The van der Waals surface area contributed by atoms with Crippen molar-refractivity contribution in [2.45, 2.75) is 20.0 Å². The summed E-state index contributed by atoms with van der Waals surface area (Å²) < 4.78 is 36.3. The Morgan fingerprint density at radius 3 is 2.45 bits per heavy atom. The minimum Gasteiger partial charge on any atom is -0.352 e. The van der Waals surface area contributed by atoms with Crippen LogP contribution < -0.4 is 10.6 Å². The Morgan fingerprint density at radius 2 is 1.90 bits per heavy atom. The van der Waals surface area contributed by atoms with E-state index in [0.717, 1.165) is 0 Å². The third-order valence-electron chi connectivity index (χ3n) is 2.31. The standard InChI is InChI=1S/C13H15F3N2O2/c1-8(2)7-17-11(19)9-4-3-5-10(6-9)18-12(20)13(14,15)16/h3-6,8H,7H2,1-2H3,(H,17,19)(H,18,20). The van der Waals surface area contributed by atoms with Gasteiger partial charge >= 0.3 is 12.1 Å². The summed E-state index contributed by atoms with van der Waals surface area (Å²) in [6, 6.07) is 5.33. The zero-order valence-electron chi connectivity index (χ0n) is 11.0. The molecule has 0 spiro atoms. The molecule has 2 amide bonds. The lowest BCUT2D eigenvalue weighted by Crippen LogP contribution is -2.30. The Hall–Kier alpha value is -2.05. The molecule has 0 aliphatic carbocycles. The van der Waals surface area contributed by atoms with E-state index in [2.05, 4.69) is 5.32 Å². The fourth-order valence-electron chi connectivity index (χ4n) is 1.34. The van der Waals surface area contributed by atoms with Crippen molar-refractivity contribution < 1.29 is 22.8 Å². The van der Waals surface area contributed by atoms with Crippen LogP contribution in [-0.2, 0) is 4.79 Å². The first-order valence-electron chi connectivity index (χ1n) is 5.96. The van der Waals surface area contributed by atoms with Crippen molar-refractivity contribution in [3.8, 4) is 0 Å². The molecule has 0 saturated heterocycles. The van der Waals surface area contributed by atoms with Crippen molar-refractivity contribution in [2.75, 3.05) is 11.9 Å². The predicted molar refractivity (Wildman–Crippen MR) is 68.3 cm³/mol. The maximum atomic E-state index is 12.1. The molecule has 7 heteroatoms. The van der Waals surface area contributed by atoms with Crippen LogP contribution in [0.5, 0.6) is 0 Å². The highest BCUT2D eigenvalue weighted by Gasteiger charge is 2.38. The van der Waals surface area contributed by atoms with Gasteiger partial charge in [-0.15, -0.1) is 0 Å². The predicted octanol–water partition coefficient (Wildman–Crippen LogP) is 2.57. The van der Waals surface area contributed by atoms with Gasteiger partial charge in [0, 0.05) is 17.8 Å². The number of halogens is 3. The number of amides is 2. The Labute approximate surface area is 114 Å². The molecule has 4 nitrogen and oxygen atoms in total. The van der Waals surface area contributed by atoms with Crippen molar-refractivity contribution in [2.24, 2.45) is 5.92 Å². The summed E-state index contributed by atoms with van der Waals surface area (Å²) in [5, 5.41) is 4.33. The molecule has 2 N–H and O–H groups in total. The van der Waals surface area contributed by atoms with E-state index >= 15 is 0 Å². The number of carbonyl (C=O) groups is 2. The maximum Gasteiger partial charge on any atom is 0.471 e. The lowest BCUT2D eigenvalue weighted by atomic mass is 10.1. The lowest BCUT2D eigenvalue weighted by molar-refractivity contribution is -0.167. The summed E-state index contributed by atoms with van der Waals surface area (Å²) >= 11 is 0. The molecule has 0 aliphatic heterocycles. The molecule has 1 aromatic rings. The number of alkyl halides is 3. The fourth-order valence-corrected chi connectivity index (χ4v) is 1.34. The number of hydrogen-bond acceptors (Lipinski definition) is 2. The molecule has 0 aromatic heterocycles. The minimum atomic E-state index is -4.96. The van der Waals surface area contributed by atoms with Crippen LogP contribution in [-0.4, -0.2) is 24.5 Å². The third kappa shape index (κ3) is 4.91. The van der Waals surface area contributed by atoms with Gasteiger partial charge < -0.3 is 10.6 Å². The van der Waals surface area contributed by atoms with Crippen LogP contribution in [0.1, 0.15) is 24.2 Å². The van der Waals surface area contributed by atoms with Crippen LogP contribution in [0.3, 0.4) is 0 Å². The quantitative estimate of drug-likeness (QED) is 0.894. The number of carbonyl (C=O) groups excluding carboxylic acids is 2. The van der Waals surface area contributed by atoms with E-state index in [4.69, 9.17) is 0 Å². The summed E-state index contributed by atoms with van der Waals surface area (Å²) in [4.78, 5) is 22.5. The molecule has 0 aliphatic rings. The van der Waals surface area contributed by atoms with Crippen molar-refractivity contribution in [3.63, 3.8) is 0 Å². The SMILES string of the molecule is CC(C)CNC(=O)c1cccc(NC(=O)C(F)(F)F)c1. The summed E-state index contributed by atoms with van der Waals surface area (Å²) in [6.07, 6.45) is -4.96. The van der Waals surface area contributed by atoms with Gasteiger partial charge in [-0.1, -0.05) is 19.9 Å². The first-order valence-corrected chi connectivity index (χ1v) is 5.96. The first kappa shape index (κ1) is 16.0. The van der Waals surface area contributed by atoms with Gasteiger partial charge in [0.15, 0.2) is 0 Å². The topological polar surface area (TPSA) is 58.2 Å². The van der Waals surface area contributed by atoms with Gasteiger partial charge in [-0.25, -0.2) is 0 Å². The molecule has 0 saturated carbocycles. The highest BCUT2D eigenvalue weighted by molar-refractivity contribution is 5.98. The van der Waals surface area contributed by atoms with E-state index in [9.17, 15) is 22.8 Å². The largest absolute Gasteiger partial charge is 0.471 e. The zero-order chi connectivity index (χ0) is 15.3. The highest BCUT2D eigenvalue weighted by atomic mass is 19.4. The van der Waals surface area contributed by atoms with Gasteiger partial charge in [-0.3, -0.25) is 9.59 Å². The van der Waals surface area contributed by atoms with Crippen molar-refractivity contribution >= 4 is 17.5 Å². The second kappa shape index (κ2) is 6.40. The molecule has 20 heavy (non-hydrogen) atoms. The van der Waals surface area contributed by atoms with Crippen LogP contribution in [0.25, 0.3) is 0 Å². The first-order chi connectivity index (χ1) is 9.20. The van der Waals surface area contributed by atoms with Gasteiger partial charge in [0.2, 0.25) is 0 Å². The zero-order valence-corrected chi connectivity index (χ0v) is 11.0. The number of benzene rings is 1. The molecular weight excluding hydrogens is 273 g/mol. The monoisotopic (exact) mass is 288 g/mol. The minimum absolute atomic E-state index is 0.0791. The average Bonchev–Trinajstić information content (AvgIpc) is 2.35. The van der Waals surface area contributed by atoms with E-state index in [0.29, 0.717) is 6.54 Å². The Bertz CT molecular complexity index is 499. The van der Waals surface area contributed by atoms with E-state index < -0.39 is 18.0 Å². The van der Waals surface area contributed by atoms with Crippen LogP contribution in [0.15, 0.2) is 24.3 Å². The number of anilines is 1. The number of hydrogen-bond donors (Lipinski definition) is 2. The molecule has 110 valence electrons. The van der Waals surface area contributed by atoms with Gasteiger partial charge in [-0.05, 0) is 24.1 Å². The lowest BCUT2D eigenvalue weighted by Gasteiger charge is -2.10. The van der Waals surface area contributed by atoms with Crippen molar-refractivity contribution in [1.82, 2.24) is 5.32 Å². The van der Waals surface area contributed by atoms with Gasteiger partial charge in [-0.2, -0.15) is 13.2 Å². The summed E-state index contributed by atoms with van der Waals surface area (Å²) in [5.74, 6) is -2.22. The van der Waals surface area contributed by atoms with Crippen LogP contribution in [0, 0.1) is 5.92 Å². The van der Waals surface area contributed by atoms with Crippen LogP contribution >= 0.6 is 0 Å². The summed E-state index contributed by atoms with van der Waals surface area (Å²) in [7, 11) is 0. The average molecular weight is 288 g/mol. The van der Waals surface area contributed by atoms with Gasteiger partial charge in [0.1, 0.15) is 0 Å². The van der Waals surface area contributed by atoms with E-state index in [1.54, 1.807) is 5.32 Å². The molecule has 0 bridgehead atoms. The summed E-state index contributed by atoms with van der Waals surface area (Å²) in [5.41, 5.74) is 0.107. The molecule has 0 fully saturated rings. The van der Waals surface area contributed by atoms with E-state index in [1.807, 2.05) is 13.8 Å². The molecule has 0 radical (unpaired) electrons. The normalized spacial score (nSPS) is 11.3. The van der Waals surface area contributed by atoms with Crippen molar-refractivity contribution in [3.05, 3.63) is 29.8 Å². The van der Waals surface area contributed by atoms with Crippen LogP contribution in [0.2, 0.25) is 0 Å². The van der Waals surface area contributed by atoms with Gasteiger partial charge in [0.25, 0.3) is 5.91 Å². The van der Waals surface area contributed by atoms with E-state index in [-0.39, 0.29) is 17.2 Å². The Kier molecular flexibility index (Phi) is 5.12. The molecule has 0 heterocycles. The highest BCUT2D eigenvalue weighted by Crippen LogP contribution is 2.18. The molecule has 0 atom stereocenters. The maximum absolute atomic E-state index is 12.1. The Balaban J connectivity index is 2.76. The second-order valence-corrected chi connectivity index (χ2v) is 4.64. The van der Waals surface area contributed by atoms with Crippen molar-refractivity contribution in [1.29, 1.82) is 0 Å². The molecular formula is C13H15F3N2O2. The molecule has 1 rings (SSSR count). The smallest absolute Gasteiger partial charge is 0.352 e. The second-order valence-electron chi connectivity index (χ2n) is 4.64. The fraction of sp³-hybridized carbons (Fsp3) is 0.385. The number of nitrogens with one attached hydrogen (secondary N) is 2. The van der Waals surface area contributed by atoms with Gasteiger partial charge in [0.05, 0.1) is 0 Å².